The van der Waals surface area contributed by atoms with Gasteiger partial charge in [0.25, 0.3) is 5.56 Å². The number of benzene rings is 2. The molecule has 164 valence electrons. The number of aryl methyl sites for hydroxylation is 2. The molecule has 4 rings (SSSR count). The Hall–Kier alpha value is -3.65. The first kappa shape index (κ1) is 21.6. The van der Waals surface area contributed by atoms with Gasteiger partial charge in [-0.2, -0.15) is 0 Å². The molecule has 0 aliphatic rings. The van der Waals surface area contributed by atoms with Crippen molar-refractivity contribution < 1.29 is 9.53 Å². The van der Waals surface area contributed by atoms with Gasteiger partial charge in [-0.3, -0.25) is 18.7 Å². The molecule has 8 heteroatoms. The number of nitrogens with zero attached hydrogens (tertiary/aromatic N) is 2. The van der Waals surface area contributed by atoms with Gasteiger partial charge in [0.05, 0.1) is 19.2 Å². The summed E-state index contributed by atoms with van der Waals surface area (Å²) in [5, 5.41) is 4.64. The first-order chi connectivity index (χ1) is 15.4. The monoisotopic (exact) mass is 449 g/mol. The molecule has 1 N–H and O–H groups in total. The van der Waals surface area contributed by atoms with Crippen molar-refractivity contribution in [2.24, 2.45) is 0 Å². The molecule has 0 fully saturated rings. The summed E-state index contributed by atoms with van der Waals surface area (Å²) < 4.78 is 8.14. The van der Waals surface area contributed by atoms with Crippen molar-refractivity contribution in [2.75, 3.05) is 12.4 Å². The number of thiophene rings is 1. The summed E-state index contributed by atoms with van der Waals surface area (Å²) in [6.07, 6.45) is 0. The molecular formula is C24H23N3O4S. The molecule has 7 nitrogen and oxygen atoms in total. The number of anilines is 1. The largest absolute Gasteiger partial charge is 0.497 e. The van der Waals surface area contributed by atoms with E-state index >= 15 is 0 Å². The molecule has 0 unspecified atom stereocenters. The molecule has 0 aliphatic heterocycles. The van der Waals surface area contributed by atoms with Gasteiger partial charge in [0, 0.05) is 5.69 Å². The highest BCUT2D eigenvalue weighted by molar-refractivity contribution is 7.17. The third kappa shape index (κ3) is 4.22. The van der Waals surface area contributed by atoms with E-state index < -0.39 is 5.69 Å². The predicted molar refractivity (Wildman–Crippen MR) is 127 cm³/mol. The van der Waals surface area contributed by atoms with Gasteiger partial charge >= 0.3 is 5.69 Å². The number of rotatable bonds is 6. The number of hydrogen-bond donors (Lipinski definition) is 1. The summed E-state index contributed by atoms with van der Waals surface area (Å²) in [6, 6.07) is 14.7. The molecule has 4 aromatic rings. The summed E-state index contributed by atoms with van der Waals surface area (Å²) in [7, 11) is 1.58. The number of methoxy groups -OCH3 is 1. The molecular weight excluding hydrogens is 426 g/mol. The van der Waals surface area contributed by atoms with Gasteiger partial charge in [-0.25, -0.2) is 4.79 Å². The van der Waals surface area contributed by atoms with Crippen LogP contribution in [0.2, 0.25) is 0 Å². The van der Waals surface area contributed by atoms with Crippen LogP contribution in [-0.2, 0) is 17.9 Å². The quantitative estimate of drug-likeness (QED) is 0.488. The Morgan fingerprint density at radius 2 is 1.78 bits per heavy atom. The van der Waals surface area contributed by atoms with Gasteiger partial charge in [0.15, 0.2) is 0 Å². The van der Waals surface area contributed by atoms with E-state index in [1.807, 2.05) is 32.0 Å². The Morgan fingerprint density at radius 3 is 2.50 bits per heavy atom. The van der Waals surface area contributed by atoms with Crippen molar-refractivity contribution in [3.8, 4) is 5.75 Å². The topological polar surface area (TPSA) is 82.3 Å². The van der Waals surface area contributed by atoms with Gasteiger partial charge in [-0.1, -0.05) is 24.3 Å². The van der Waals surface area contributed by atoms with Crippen LogP contribution < -0.4 is 21.3 Å². The Morgan fingerprint density at radius 1 is 1.03 bits per heavy atom. The van der Waals surface area contributed by atoms with Crippen LogP contribution in [0.15, 0.2) is 63.5 Å². The third-order valence-electron chi connectivity index (χ3n) is 5.31. The van der Waals surface area contributed by atoms with Crippen LogP contribution in [0, 0.1) is 13.8 Å². The van der Waals surface area contributed by atoms with Crippen LogP contribution in [0.25, 0.3) is 10.2 Å². The summed E-state index contributed by atoms with van der Waals surface area (Å²) in [4.78, 5) is 39.1. The molecule has 0 spiro atoms. The van der Waals surface area contributed by atoms with Crippen molar-refractivity contribution >= 4 is 33.1 Å². The Kier molecular flexibility index (Phi) is 5.96. The second-order valence-corrected chi connectivity index (χ2v) is 8.53. The highest BCUT2D eigenvalue weighted by atomic mass is 32.1. The van der Waals surface area contributed by atoms with Gasteiger partial charge in [0.1, 0.15) is 17.0 Å². The minimum atomic E-state index is -0.521. The van der Waals surface area contributed by atoms with Crippen LogP contribution in [0.5, 0.6) is 5.75 Å². The summed E-state index contributed by atoms with van der Waals surface area (Å²) in [6.45, 7) is 3.77. The molecule has 2 heterocycles. The lowest BCUT2D eigenvalue weighted by atomic mass is 10.1. The first-order valence-electron chi connectivity index (χ1n) is 10.1. The lowest BCUT2D eigenvalue weighted by Gasteiger charge is -2.14. The lowest BCUT2D eigenvalue weighted by molar-refractivity contribution is -0.116. The average Bonchev–Trinajstić information content (AvgIpc) is 3.27. The lowest BCUT2D eigenvalue weighted by Crippen LogP contribution is -2.41. The number of fused-ring (bicyclic) bond motifs is 1. The maximum absolute atomic E-state index is 13.3. The number of aromatic nitrogens is 2. The fourth-order valence-corrected chi connectivity index (χ4v) is 4.39. The van der Waals surface area contributed by atoms with Crippen LogP contribution in [-0.4, -0.2) is 22.2 Å². The van der Waals surface area contributed by atoms with E-state index in [1.54, 1.807) is 42.8 Å². The van der Waals surface area contributed by atoms with Crippen molar-refractivity contribution in [1.29, 1.82) is 0 Å². The minimum absolute atomic E-state index is 0.105. The van der Waals surface area contributed by atoms with E-state index in [0.717, 1.165) is 16.7 Å². The molecule has 2 aromatic carbocycles. The molecule has 1 amide bonds. The Labute approximate surface area is 188 Å². The standard InChI is InChI=1S/C24H23N3O4S/c1-15-4-5-16(2)19(12-15)25-21(28)14-26-20-10-11-32-22(20)23(29)27(24(26)30)13-17-6-8-18(31-3)9-7-17/h4-12H,13-14H2,1-3H3,(H,25,28). The third-order valence-corrected chi connectivity index (χ3v) is 6.20. The smallest absolute Gasteiger partial charge is 0.332 e. The number of nitrogens with one attached hydrogen (secondary N) is 1. The summed E-state index contributed by atoms with van der Waals surface area (Å²) in [5.41, 5.74) is 3.03. The maximum atomic E-state index is 13.3. The van der Waals surface area contributed by atoms with Crippen LogP contribution in [0.1, 0.15) is 16.7 Å². The van der Waals surface area contributed by atoms with Crippen molar-refractivity contribution in [3.63, 3.8) is 0 Å². The number of ether oxygens (including phenoxy) is 1. The predicted octanol–water partition coefficient (Wildman–Crippen LogP) is 3.54. The highest BCUT2D eigenvalue weighted by Crippen LogP contribution is 2.18. The maximum Gasteiger partial charge on any atom is 0.332 e. The van der Waals surface area contributed by atoms with Crippen molar-refractivity contribution in [1.82, 2.24) is 9.13 Å². The summed E-state index contributed by atoms with van der Waals surface area (Å²) >= 11 is 1.26. The van der Waals surface area contributed by atoms with E-state index in [1.165, 1.54) is 20.5 Å². The van der Waals surface area contributed by atoms with E-state index in [0.29, 0.717) is 21.7 Å². The molecule has 0 atom stereocenters. The molecule has 2 aromatic heterocycles. The Balaban J connectivity index is 1.70. The zero-order chi connectivity index (χ0) is 22.8. The number of carbonyl (C=O) groups is 1. The number of amides is 1. The molecule has 0 radical (unpaired) electrons. The highest BCUT2D eigenvalue weighted by Gasteiger charge is 2.17. The molecule has 0 aliphatic carbocycles. The van der Waals surface area contributed by atoms with Crippen LogP contribution in [0.3, 0.4) is 0 Å². The number of hydrogen-bond acceptors (Lipinski definition) is 5. The van der Waals surface area contributed by atoms with Crippen LogP contribution in [0.4, 0.5) is 5.69 Å². The SMILES string of the molecule is COc1ccc(Cn2c(=O)c3sccc3n(CC(=O)Nc3cc(C)ccc3C)c2=O)cc1. The molecule has 0 bridgehead atoms. The fourth-order valence-electron chi connectivity index (χ4n) is 3.54. The molecule has 32 heavy (non-hydrogen) atoms. The molecule has 0 saturated heterocycles. The number of carbonyl (C=O) groups excluding carboxylic acids is 1. The van der Waals surface area contributed by atoms with E-state index in [4.69, 9.17) is 4.74 Å². The van der Waals surface area contributed by atoms with Crippen LogP contribution >= 0.6 is 11.3 Å². The fraction of sp³-hybridized carbons (Fsp3) is 0.208. The van der Waals surface area contributed by atoms with Gasteiger partial charge in [0.2, 0.25) is 5.91 Å². The van der Waals surface area contributed by atoms with E-state index in [-0.39, 0.29) is 24.6 Å². The Bertz CT molecular complexity index is 1410. The van der Waals surface area contributed by atoms with Crippen molar-refractivity contribution in [3.05, 3.63) is 91.4 Å². The molecule has 0 saturated carbocycles. The second-order valence-electron chi connectivity index (χ2n) is 7.61. The van der Waals surface area contributed by atoms with E-state index in [2.05, 4.69) is 5.32 Å². The van der Waals surface area contributed by atoms with Gasteiger partial charge in [-0.05, 0) is 60.2 Å². The first-order valence-corrected chi connectivity index (χ1v) is 11.0. The van der Waals surface area contributed by atoms with E-state index in [9.17, 15) is 14.4 Å². The second kappa shape index (κ2) is 8.84. The normalized spacial score (nSPS) is 11.0. The summed E-state index contributed by atoms with van der Waals surface area (Å²) in [5.74, 6) is 0.360. The minimum Gasteiger partial charge on any atom is -0.497 e. The zero-order valence-corrected chi connectivity index (χ0v) is 18.9. The zero-order valence-electron chi connectivity index (χ0n) is 18.0. The van der Waals surface area contributed by atoms with Crippen molar-refractivity contribution in [2.45, 2.75) is 26.9 Å². The van der Waals surface area contributed by atoms with Gasteiger partial charge in [-0.15, -0.1) is 11.3 Å². The van der Waals surface area contributed by atoms with Gasteiger partial charge < -0.3 is 10.1 Å². The average molecular weight is 450 g/mol.